The predicted molar refractivity (Wildman–Crippen MR) is 143 cm³/mol. The predicted octanol–water partition coefficient (Wildman–Crippen LogP) is 3.75. The molecule has 2 heterocycles. The maximum absolute atomic E-state index is 12.3. The second-order valence-electron chi connectivity index (χ2n) is 8.78. The van der Waals surface area contributed by atoms with Gasteiger partial charge in [0.05, 0.1) is 26.1 Å². The summed E-state index contributed by atoms with van der Waals surface area (Å²) in [5.74, 6) is 0. The van der Waals surface area contributed by atoms with Gasteiger partial charge < -0.3 is 10.4 Å². The zero-order valence-corrected chi connectivity index (χ0v) is 21.1. The lowest BCUT2D eigenvalue weighted by molar-refractivity contribution is -0.664. The van der Waals surface area contributed by atoms with Crippen molar-refractivity contribution in [3.05, 3.63) is 127 Å². The Morgan fingerprint density at radius 1 is 0.725 bits per heavy atom. The monoisotopic (exact) mass is 540 g/mol. The molecule has 0 radical (unpaired) electrons. The lowest BCUT2D eigenvalue weighted by atomic mass is 10.2. The van der Waals surface area contributed by atoms with E-state index in [1.165, 1.54) is 41.2 Å². The molecule has 6 aromatic rings. The Bertz CT molecular complexity index is 1910. The maximum Gasteiger partial charge on any atom is 0.327 e. The summed E-state index contributed by atoms with van der Waals surface area (Å²) < 4.78 is 0. The van der Waals surface area contributed by atoms with Crippen LogP contribution in [0.2, 0.25) is 0 Å². The van der Waals surface area contributed by atoms with Gasteiger partial charge in [-0.25, -0.2) is 0 Å². The van der Waals surface area contributed by atoms with E-state index in [-0.39, 0.29) is 27.9 Å². The highest BCUT2D eigenvalue weighted by Crippen LogP contribution is 2.22. The number of aromatic nitrogens is 6. The largest absolute Gasteiger partial charge is 0.692 e. The highest BCUT2D eigenvalue weighted by atomic mass is 16.6. The topological polar surface area (TPSA) is 176 Å². The molecule has 4 aromatic carbocycles. The van der Waals surface area contributed by atoms with Crippen LogP contribution in [0.4, 0.5) is 11.4 Å². The summed E-state index contributed by atoms with van der Waals surface area (Å²) in [6, 6.07) is 22.8. The van der Waals surface area contributed by atoms with Gasteiger partial charge in [-0.05, 0) is 53.3 Å². The Kier molecular flexibility index (Phi) is 6.49. The average Bonchev–Trinajstić information content (AvgIpc) is 3.46. The van der Waals surface area contributed by atoms with E-state index in [2.05, 4.69) is 10.2 Å². The highest BCUT2D eigenvalue weighted by Gasteiger charge is 2.25. The first-order valence-corrected chi connectivity index (χ1v) is 11.8. The lowest BCUT2D eigenvalue weighted by Gasteiger charge is -2.05. The van der Waals surface area contributed by atoms with Crippen LogP contribution >= 0.6 is 0 Å². The molecule has 0 atom stereocenters. The van der Waals surface area contributed by atoms with E-state index < -0.39 is 9.85 Å². The average molecular weight is 540 g/mol. The molecule has 200 valence electrons. The third kappa shape index (κ3) is 4.60. The molecule has 0 amide bonds. The first-order valence-electron chi connectivity index (χ1n) is 11.8. The van der Waals surface area contributed by atoms with Crippen LogP contribution in [0.3, 0.4) is 0 Å². The van der Waals surface area contributed by atoms with E-state index in [0.29, 0.717) is 26.6 Å². The lowest BCUT2D eigenvalue weighted by Crippen LogP contribution is -2.37. The van der Waals surface area contributed by atoms with E-state index >= 15 is 0 Å². The Morgan fingerprint density at radius 2 is 1.43 bits per heavy atom. The van der Waals surface area contributed by atoms with E-state index in [1.54, 1.807) is 24.3 Å². The van der Waals surface area contributed by atoms with Crippen LogP contribution in [-0.2, 0) is 0 Å². The molecule has 0 aliphatic carbocycles. The molecule has 0 saturated carbocycles. The van der Waals surface area contributed by atoms with Gasteiger partial charge in [-0.2, -0.15) is 0 Å². The number of para-hydroxylation sites is 1. The summed E-state index contributed by atoms with van der Waals surface area (Å²) >= 11 is 0. The van der Waals surface area contributed by atoms with Gasteiger partial charge in [0.15, 0.2) is 0 Å². The van der Waals surface area contributed by atoms with E-state index in [4.69, 9.17) is 0 Å². The Labute approximate surface area is 225 Å². The van der Waals surface area contributed by atoms with Crippen molar-refractivity contribution in [1.82, 2.24) is 19.8 Å². The number of benzene rings is 4. The molecule has 0 saturated heterocycles. The quantitative estimate of drug-likeness (QED) is 0.140. The molecule has 40 heavy (non-hydrogen) atoms. The molecule has 14 nitrogen and oxygen atoms in total. The third-order valence-electron chi connectivity index (χ3n) is 6.11. The molecule has 14 heteroatoms. The number of aryl methyl sites for hydroxylation is 2. The zero-order valence-electron chi connectivity index (χ0n) is 21.1. The first kappa shape index (κ1) is 25.7. The molecule has 0 spiro atoms. The van der Waals surface area contributed by atoms with Gasteiger partial charge >= 0.3 is 11.2 Å². The number of hydrogen-bond acceptors (Lipinski definition) is 8. The summed E-state index contributed by atoms with van der Waals surface area (Å²) in [7, 11) is 0. The van der Waals surface area contributed by atoms with E-state index in [9.17, 15) is 30.6 Å². The number of nitro benzene ring substituents is 2. The van der Waals surface area contributed by atoms with Crippen LogP contribution in [0.5, 0.6) is 0 Å². The second kappa shape index (κ2) is 10.1. The first-order chi connectivity index (χ1) is 19.2. The third-order valence-corrected chi connectivity index (χ3v) is 6.11. The van der Waals surface area contributed by atoms with Crippen LogP contribution < -0.4 is 9.69 Å². The second-order valence-corrected chi connectivity index (χ2v) is 8.78. The molecular weight excluding hydrogens is 520 g/mol. The van der Waals surface area contributed by atoms with Gasteiger partial charge in [-0.3, -0.25) is 20.2 Å². The molecule has 0 unspecified atom stereocenters. The van der Waals surface area contributed by atoms with Crippen LogP contribution in [0, 0.1) is 44.5 Å². The SMILES string of the molecule is Cc1ccc(-n2nc3c([N+](=O)[O-])cccc3[n+]2[O-])cc1.Cc1ccccc1-n1nc2ccc([N+](=O)[O-])cc2[n+]1[O-]. The smallest absolute Gasteiger partial charge is 0.327 e. The van der Waals surface area contributed by atoms with Crippen LogP contribution in [0.1, 0.15) is 11.1 Å². The molecule has 0 aliphatic heterocycles. The normalized spacial score (nSPS) is 10.8. The summed E-state index contributed by atoms with van der Waals surface area (Å²) in [5, 5.41) is 54.4. The van der Waals surface area contributed by atoms with Crippen molar-refractivity contribution in [2.24, 2.45) is 0 Å². The van der Waals surface area contributed by atoms with Gasteiger partial charge in [-0.1, -0.05) is 42.0 Å². The fraction of sp³-hybridized carbons (Fsp3) is 0.0769. The van der Waals surface area contributed by atoms with Crippen molar-refractivity contribution >= 4 is 33.4 Å². The van der Waals surface area contributed by atoms with Gasteiger partial charge in [0, 0.05) is 18.2 Å². The summed E-state index contributed by atoms with van der Waals surface area (Å²) in [4.78, 5) is 24.0. The van der Waals surface area contributed by atoms with Gasteiger partial charge in [0.2, 0.25) is 11.0 Å². The fourth-order valence-corrected chi connectivity index (χ4v) is 4.05. The van der Waals surface area contributed by atoms with Gasteiger partial charge in [-0.15, -0.1) is 9.69 Å². The van der Waals surface area contributed by atoms with Crippen LogP contribution in [0.25, 0.3) is 33.4 Å². The number of non-ortho nitro benzene ring substituents is 2. The van der Waals surface area contributed by atoms with Crippen molar-refractivity contribution in [2.75, 3.05) is 0 Å². The molecule has 0 N–H and O–H groups in total. The number of fused-ring (bicyclic) bond motifs is 2. The highest BCUT2D eigenvalue weighted by molar-refractivity contribution is 5.81. The standard InChI is InChI=1S/2C13H10N4O3/c1-9-5-7-10(8-6-9)15-14-13-11(16(15)18)3-2-4-12(13)17(19)20;1-9-4-2-3-5-12(9)15-14-11-7-6-10(17(19)20)8-13(11)16(15)18/h2*2-8H,1H3. The van der Waals surface area contributed by atoms with Crippen LogP contribution in [0.15, 0.2) is 84.9 Å². The van der Waals surface area contributed by atoms with Crippen molar-refractivity contribution in [3.8, 4) is 11.4 Å². The summed E-state index contributed by atoms with van der Waals surface area (Å²) in [5.41, 5.74) is 3.64. The number of hydrogen-bond donors (Lipinski definition) is 0. The number of nitro groups is 2. The van der Waals surface area contributed by atoms with E-state index in [1.807, 2.05) is 38.1 Å². The van der Waals surface area contributed by atoms with Crippen molar-refractivity contribution < 1.29 is 19.5 Å². The van der Waals surface area contributed by atoms with Crippen molar-refractivity contribution in [3.63, 3.8) is 0 Å². The van der Waals surface area contributed by atoms with Crippen molar-refractivity contribution in [1.29, 1.82) is 0 Å². The maximum atomic E-state index is 12.3. The summed E-state index contributed by atoms with van der Waals surface area (Å²) in [6.45, 7) is 3.80. The minimum absolute atomic E-state index is 0.0769. The molecular formula is C26H20N8O6. The summed E-state index contributed by atoms with van der Waals surface area (Å²) in [6.07, 6.45) is 0. The molecule has 0 bridgehead atoms. The number of nitrogens with zero attached hydrogens (tertiary/aromatic N) is 8. The minimum Gasteiger partial charge on any atom is -0.692 e. The number of rotatable bonds is 4. The zero-order chi connectivity index (χ0) is 28.6. The molecule has 6 rings (SSSR count). The van der Waals surface area contributed by atoms with Crippen molar-refractivity contribution in [2.45, 2.75) is 13.8 Å². The van der Waals surface area contributed by atoms with Crippen LogP contribution in [-0.4, -0.2) is 29.6 Å². The fourth-order valence-electron chi connectivity index (χ4n) is 4.05. The molecule has 0 fully saturated rings. The van der Waals surface area contributed by atoms with Gasteiger partial charge in [0.25, 0.3) is 11.2 Å². The van der Waals surface area contributed by atoms with E-state index in [0.717, 1.165) is 15.9 Å². The van der Waals surface area contributed by atoms with Gasteiger partial charge in [0.1, 0.15) is 11.4 Å². The minimum atomic E-state index is -0.547. The Morgan fingerprint density at radius 3 is 2.10 bits per heavy atom. The Hall–Kier alpha value is -5.92. The molecule has 2 aromatic heterocycles. The Balaban J connectivity index is 0.000000161. The molecule has 0 aliphatic rings.